The zero-order chi connectivity index (χ0) is 14.7. The van der Waals surface area contributed by atoms with E-state index in [1.165, 1.54) is 0 Å². The number of hydrogen-bond donors (Lipinski definition) is 1. The Hall–Kier alpha value is -1.24. The van der Waals surface area contributed by atoms with Gasteiger partial charge in [-0.2, -0.15) is 0 Å². The van der Waals surface area contributed by atoms with Gasteiger partial charge in [0, 0.05) is 25.3 Å². The quantitative estimate of drug-likeness (QED) is 0.827. The Morgan fingerprint density at radius 3 is 2.75 bits per heavy atom. The molecule has 0 bridgehead atoms. The summed E-state index contributed by atoms with van der Waals surface area (Å²) in [5.41, 5.74) is 0. The fraction of sp³-hybridized carbons (Fsp3) is 0.769. The van der Waals surface area contributed by atoms with Gasteiger partial charge in [-0.3, -0.25) is 14.4 Å². The fourth-order valence-corrected chi connectivity index (χ4v) is 3.86. The average Bonchev–Trinajstić information content (AvgIpc) is 2.95. The van der Waals surface area contributed by atoms with Gasteiger partial charge in [-0.15, -0.1) is 11.8 Å². The second kappa shape index (κ2) is 6.47. The molecule has 2 atom stereocenters. The van der Waals surface area contributed by atoms with E-state index in [9.17, 15) is 14.4 Å². The molecule has 2 aliphatic rings. The van der Waals surface area contributed by atoms with Crippen molar-refractivity contribution in [3.8, 4) is 0 Å². The van der Waals surface area contributed by atoms with E-state index in [1.807, 2.05) is 0 Å². The second-order valence-corrected chi connectivity index (χ2v) is 6.19. The number of likely N-dealkylation sites (tertiary alicyclic amines) is 1. The number of hydrogen-bond acceptors (Lipinski definition) is 4. The van der Waals surface area contributed by atoms with Crippen LogP contribution in [0, 0.1) is 5.92 Å². The minimum Gasteiger partial charge on any atom is -0.481 e. The van der Waals surface area contributed by atoms with Crippen molar-refractivity contribution >= 4 is 29.5 Å². The molecular weight excluding hydrogens is 280 g/mol. The lowest BCUT2D eigenvalue weighted by atomic mass is 9.97. The van der Waals surface area contributed by atoms with Crippen LogP contribution in [0.3, 0.4) is 0 Å². The molecule has 0 radical (unpaired) electrons. The third-order valence-electron chi connectivity index (χ3n) is 3.87. The van der Waals surface area contributed by atoms with E-state index < -0.39 is 17.9 Å². The van der Waals surface area contributed by atoms with Gasteiger partial charge in [0.1, 0.15) is 6.04 Å². The van der Waals surface area contributed by atoms with Crippen LogP contribution < -0.4 is 0 Å². The molecule has 20 heavy (non-hydrogen) atoms. The molecule has 2 amide bonds. The van der Waals surface area contributed by atoms with Gasteiger partial charge in [0.2, 0.25) is 11.8 Å². The normalized spacial score (nSPS) is 26.6. The summed E-state index contributed by atoms with van der Waals surface area (Å²) in [4.78, 5) is 38.7. The minimum absolute atomic E-state index is 0.0138. The van der Waals surface area contributed by atoms with Gasteiger partial charge in [-0.25, -0.2) is 0 Å². The lowest BCUT2D eigenvalue weighted by Crippen LogP contribution is -2.52. The second-order valence-electron chi connectivity index (χ2n) is 5.19. The van der Waals surface area contributed by atoms with Gasteiger partial charge < -0.3 is 14.9 Å². The van der Waals surface area contributed by atoms with Crippen LogP contribution in [-0.2, 0) is 14.4 Å². The Labute approximate surface area is 122 Å². The number of piperidine rings is 1. The monoisotopic (exact) mass is 300 g/mol. The number of carboxylic acid groups (broad SMARTS) is 1. The zero-order valence-corrected chi connectivity index (χ0v) is 12.4. The largest absolute Gasteiger partial charge is 0.481 e. The first-order valence-electron chi connectivity index (χ1n) is 6.93. The van der Waals surface area contributed by atoms with Crippen molar-refractivity contribution in [3.05, 3.63) is 0 Å². The number of carbonyl (C=O) groups excluding carboxylic acids is 2. The number of carbonyl (C=O) groups is 3. The van der Waals surface area contributed by atoms with Crippen molar-refractivity contribution in [3.63, 3.8) is 0 Å². The molecule has 0 aromatic rings. The highest BCUT2D eigenvalue weighted by molar-refractivity contribution is 7.99. The lowest BCUT2D eigenvalue weighted by Gasteiger charge is -2.34. The van der Waals surface area contributed by atoms with Gasteiger partial charge in [0.05, 0.1) is 11.8 Å². The third kappa shape index (κ3) is 3.08. The molecule has 112 valence electrons. The van der Waals surface area contributed by atoms with Crippen LogP contribution in [0.4, 0.5) is 0 Å². The Morgan fingerprint density at radius 2 is 2.10 bits per heavy atom. The Kier molecular flexibility index (Phi) is 4.91. The van der Waals surface area contributed by atoms with Crippen LogP contribution >= 0.6 is 11.8 Å². The number of carboxylic acids is 1. The van der Waals surface area contributed by atoms with E-state index in [4.69, 9.17) is 5.11 Å². The molecule has 0 saturated carbocycles. The summed E-state index contributed by atoms with van der Waals surface area (Å²) in [6, 6.07) is -0.417. The molecule has 6 nitrogen and oxygen atoms in total. The topological polar surface area (TPSA) is 77.9 Å². The van der Waals surface area contributed by atoms with Crippen molar-refractivity contribution in [1.29, 1.82) is 0 Å². The van der Waals surface area contributed by atoms with E-state index in [1.54, 1.807) is 28.5 Å². The highest BCUT2D eigenvalue weighted by Gasteiger charge is 2.38. The molecule has 0 aromatic heterocycles. The highest BCUT2D eigenvalue weighted by Crippen LogP contribution is 2.25. The SMILES string of the molecule is CCC(=O)N1CSCC1C(=O)N1CCCC(C(=O)O)C1. The van der Waals surface area contributed by atoms with E-state index in [0.29, 0.717) is 37.4 Å². The fourth-order valence-electron chi connectivity index (χ4n) is 2.69. The average molecular weight is 300 g/mol. The van der Waals surface area contributed by atoms with Crippen LogP contribution in [0.25, 0.3) is 0 Å². The van der Waals surface area contributed by atoms with Crippen LogP contribution in [0.15, 0.2) is 0 Å². The number of nitrogens with zero attached hydrogens (tertiary/aromatic N) is 2. The van der Waals surface area contributed by atoms with Crippen molar-refractivity contribution in [1.82, 2.24) is 9.80 Å². The molecule has 2 aliphatic heterocycles. The minimum atomic E-state index is -0.843. The number of amides is 2. The van der Waals surface area contributed by atoms with E-state index in [0.717, 1.165) is 0 Å². The standard InChI is InChI=1S/C13H20N2O4S/c1-2-11(16)15-8-20-7-10(15)12(17)14-5-3-4-9(6-14)13(18)19/h9-10H,2-8H2,1H3,(H,18,19). The smallest absolute Gasteiger partial charge is 0.308 e. The van der Waals surface area contributed by atoms with Crippen molar-refractivity contribution in [2.75, 3.05) is 24.7 Å². The van der Waals surface area contributed by atoms with Crippen LogP contribution in [0.2, 0.25) is 0 Å². The van der Waals surface area contributed by atoms with Gasteiger partial charge in [0.15, 0.2) is 0 Å². The Morgan fingerprint density at radius 1 is 1.35 bits per heavy atom. The molecule has 0 spiro atoms. The predicted octanol–water partition coefficient (Wildman–Crippen LogP) is 0.621. The molecule has 2 rings (SSSR count). The summed E-state index contributed by atoms with van der Waals surface area (Å²) in [6.45, 7) is 2.65. The molecule has 2 saturated heterocycles. The van der Waals surface area contributed by atoms with Crippen LogP contribution in [0.1, 0.15) is 26.2 Å². The Bertz CT molecular complexity index is 415. The summed E-state index contributed by atoms with van der Waals surface area (Å²) in [7, 11) is 0. The summed E-state index contributed by atoms with van der Waals surface area (Å²) in [6.07, 6.45) is 1.72. The van der Waals surface area contributed by atoms with Crippen molar-refractivity contribution < 1.29 is 19.5 Å². The van der Waals surface area contributed by atoms with Gasteiger partial charge in [-0.1, -0.05) is 6.92 Å². The highest BCUT2D eigenvalue weighted by atomic mass is 32.2. The maximum Gasteiger partial charge on any atom is 0.308 e. The third-order valence-corrected chi connectivity index (χ3v) is 4.88. The molecule has 0 aromatic carbocycles. The maximum atomic E-state index is 12.5. The molecular formula is C13H20N2O4S. The van der Waals surface area contributed by atoms with Gasteiger partial charge in [-0.05, 0) is 12.8 Å². The van der Waals surface area contributed by atoms with E-state index >= 15 is 0 Å². The van der Waals surface area contributed by atoms with Crippen LogP contribution in [-0.4, -0.2) is 63.5 Å². The first-order valence-corrected chi connectivity index (χ1v) is 8.08. The first-order chi connectivity index (χ1) is 9.54. The summed E-state index contributed by atoms with van der Waals surface area (Å²) >= 11 is 1.57. The van der Waals surface area contributed by atoms with E-state index in [-0.39, 0.29) is 18.4 Å². The van der Waals surface area contributed by atoms with Gasteiger partial charge >= 0.3 is 5.97 Å². The number of thioether (sulfide) groups is 1. The molecule has 7 heteroatoms. The summed E-state index contributed by atoms with van der Waals surface area (Å²) < 4.78 is 0. The number of rotatable bonds is 3. The maximum absolute atomic E-state index is 12.5. The van der Waals surface area contributed by atoms with E-state index in [2.05, 4.69) is 0 Å². The van der Waals surface area contributed by atoms with Crippen molar-refractivity contribution in [2.24, 2.45) is 5.92 Å². The molecule has 2 unspecified atom stereocenters. The summed E-state index contributed by atoms with van der Waals surface area (Å²) in [5.74, 6) is -0.261. The number of aliphatic carboxylic acids is 1. The molecule has 2 heterocycles. The molecule has 0 aliphatic carbocycles. The lowest BCUT2D eigenvalue weighted by molar-refractivity contribution is -0.149. The van der Waals surface area contributed by atoms with Crippen molar-refractivity contribution in [2.45, 2.75) is 32.2 Å². The van der Waals surface area contributed by atoms with Gasteiger partial charge in [0.25, 0.3) is 0 Å². The summed E-state index contributed by atoms with van der Waals surface area (Å²) in [5, 5.41) is 9.07. The Balaban J connectivity index is 2.02. The predicted molar refractivity (Wildman–Crippen MR) is 75.2 cm³/mol. The first kappa shape index (κ1) is 15.2. The molecule has 2 fully saturated rings. The molecule has 1 N–H and O–H groups in total. The zero-order valence-electron chi connectivity index (χ0n) is 11.6. The van der Waals surface area contributed by atoms with Crippen LogP contribution in [0.5, 0.6) is 0 Å².